The normalized spacial score (nSPS) is 13.1. The second kappa shape index (κ2) is 6.45. The summed E-state index contributed by atoms with van der Waals surface area (Å²) >= 11 is 5.27. The van der Waals surface area contributed by atoms with Gasteiger partial charge in [0, 0.05) is 11.1 Å². The summed E-state index contributed by atoms with van der Waals surface area (Å²) in [5.41, 5.74) is 1.82. The van der Waals surface area contributed by atoms with E-state index in [1.54, 1.807) is 11.8 Å². The summed E-state index contributed by atoms with van der Waals surface area (Å²) in [4.78, 5) is 4.46. The maximum atomic E-state index is 5.68. The number of alkyl halides is 1. The molecule has 0 saturated carbocycles. The van der Waals surface area contributed by atoms with Crippen molar-refractivity contribution in [2.24, 2.45) is 5.92 Å². The predicted molar refractivity (Wildman–Crippen MR) is 76.9 cm³/mol. The van der Waals surface area contributed by atoms with Gasteiger partial charge in [0.05, 0.1) is 0 Å². The van der Waals surface area contributed by atoms with E-state index < -0.39 is 0 Å². The number of hydrogen-bond acceptors (Lipinski definition) is 3. The topological polar surface area (TPSA) is 26.0 Å². The second-order valence-corrected chi connectivity index (χ2v) is 5.69. The largest absolute Gasteiger partial charge is 0.431 e. The fourth-order valence-electron chi connectivity index (χ4n) is 1.72. The number of nitrogens with zero attached hydrogens (tertiary/aromatic N) is 1. The Morgan fingerprint density at radius 3 is 2.94 bits per heavy atom. The standard InChI is InChI=1S/C13H16BrNOS/c1-2-5-10(8-14)9-17-13-15-11-6-3-4-7-12(11)16-13/h3-4,6-7,10H,2,5,8-9H2,1H3. The quantitative estimate of drug-likeness (QED) is 0.569. The second-order valence-electron chi connectivity index (χ2n) is 4.07. The van der Waals surface area contributed by atoms with Gasteiger partial charge < -0.3 is 4.42 Å². The molecule has 2 rings (SSSR count). The number of para-hydroxylation sites is 2. The first-order valence-electron chi connectivity index (χ1n) is 5.87. The molecule has 4 heteroatoms. The number of aromatic nitrogens is 1. The third kappa shape index (κ3) is 3.49. The van der Waals surface area contributed by atoms with Crippen molar-refractivity contribution in [3.05, 3.63) is 24.3 Å². The molecule has 2 nitrogen and oxygen atoms in total. The highest BCUT2D eigenvalue weighted by Gasteiger charge is 2.10. The number of benzene rings is 1. The molecule has 17 heavy (non-hydrogen) atoms. The highest BCUT2D eigenvalue weighted by molar-refractivity contribution is 9.09. The molecule has 1 unspecified atom stereocenters. The zero-order valence-electron chi connectivity index (χ0n) is 9.86. The van der Waals surface area contributed by atoms with Gasteiger partial charge in [-0.3, -0.25) is 0 Å². The monoisotopic (exact) mass is 313 g/mol. The molecule has 0 aliphatic carbocycles. The van der Waals surface area contributed by atoms with Crippen LogP contribution in [0, 0.1) is 5.92 Å². The average Bonchev–Trinajstić information content (AvgIpc) is 2.77. The molecule has 0 amide bonds. The van der Waals surface area contributed by atoms with Crippen LogP contribution in [0.2, 0.25) is 0 Å². The first-order chi connectivity index (χ1) is 8.33. The van der Waals surface area contributed by atoms with Gasteiger partial charge in [0.2, 0.25) is 0 Å². The molecule has 0 spiro atoms. The van der Waals surface area contributed by atoms with Crippen LogP contribution < -0.4 is 0 Å². The molecule has 1 aromatic heterocycles. The third-order valence-corrected chi connectivity index (χ3v) is 4.61. The molecule has 0 aliphatic rings. The van der Waals surface area contributed by atoms with Crippen LogP contribution in [0.5, 0.6) is 0 Å². The number of rotatable bonds is 6. The number of oxazole rings is 1. The Hall–Kier alpha value is -0.480. The van der Waals surface area contributed by atoms with E-state index in [1.165, 1.54) is 12.8 Å². The van der Waals surface area contributed by atoms with Gasteiger partial charge in [-0.25, -0.2) is 4.98 Å². The Kier molecular flexibility index (Phi) is 4.92. The minimum Gasteiger partial charge on any atom is -0.431 e. The highest BCUT2D eigenvalue weighted by Crippen LogP contribution is 2.26. The van der Waals surface area contributed by atoms with Crippen LogP contribution in [0.15, 0.2) is 33.9 Å². The summed E-state index contributed by atoms with van der Waals surface area (Å²) in [6.45, 7) is 2.22. The predicted octanol–water partition coefficient (Wildman–Crippen LogP) is 4.73. The molecule has 1 heterocycles. The molecule has 0 bridgehead atoms. The van der Waals surface area contributed by atoms with Gasteiger partial charge in [0.1, 0.15) is 5.52 Å². The summed E-state index contributed by atoms with van der Waals surface area (Å²) in [7, 11) is 0. The molecule has 92 valence electrons. The molecular formula is C13H16BrNOS. The molecule has 0 radical (unpaired) electrons. The fraction of sp³-hybridized carbons (Fsp3) is 0.462. The molecule has 0 fully saturated rings. The minimum absolute atomic E-state index is 0.694. The van der Waals surface area contributed by atoms with Crippen molar-refractivity contribution in [3.63, 3.8) is 0 Å². The SMILES string of the molecule is CCCC(CBr)CSc1nc2ccccc2o1. The van der Waals surface area contributed by atoms with Gasteiger partial charge >= 0.3 is 0 Å². The van der Waals surface area contributed by atoms with Crippen LogP contribution in [0.3, 0.4) is 0 Å². The van der Waals surface area contributed by atoms with Gasteiger partial charge in [-0.15, -0.1) is 0 Å². The summed E-state index contributed by atoms with van der Waals surface area (Å²) in [6.07, 6.45) is 2.48. The maximum absolute atomic E-state index is 5.68. The van der Waals surface area contributed by atoms with Crippen molar-refractivity contribution in [1.29, 1.82) is 0 Å². The number of fused-ring (bicyclic) bond motifs is 1. The van der Waals surface area contributed by atoms with Crippen LogP contribution in [0.25, 0.3) is 11.1 Å². The summed E-state index contributed by atoms with van der Waals surface area (Å²) in [5, 5.41) is 1.84. The van der Waals surface area contributed by atoms with Crippen molar-refractivity contribution in [2.75, 3.05) is 11.1 Å². The third-order valence-electron chi connectivity index (χ3n) is 2.63. The van der Waals surface area contributed by atoms with Gasteiger partial charge in [-0.1, -0.05) is 53.2 Å². The smallest absolute Gasteiger partial charge is 0.256 e. The summed E-state index contributed by atoms with van der Waals surface area (Å²) in [5.74, 6) is 1.76. The van der Waals surface area contributed by atoms with E-state index in [1.807, 2.05) is 24.3 Å². The number of hydrogen-bond donors (Lipinski definition) is 0. The Labute approximate surface area is 114 Å². The van der Waals surface area contributed by atoms with E-state index in [-0.39, 0.29) is 0 Å². The number of halogens is 1. The molecule has 0 N–H and O–H groups in total. The van der Waals surface area contributed by atoms with Gasteiger partial charge in [-0.05, 0) is 24.5 Å². The van der Waals surface area contributed by atoms with Gasteiger partial charge in [0.25, 0.3) is 5.22 Å². The molecule has 1 atom stereocenters. The van der Waals surface area contributed by atoms with Gasteiger partial charge in [0.15, 0.2) is 5.58 Å². The lowest BCUT2D eigenvalue weighted by atomic mass is 10.1. The van der Waals surface area contributed by atoms with Crippen LogP contribution in [-0.4, -0.2) is 16.1 Å². The maximum Gasteiger partial charge on any atom is 0.256 e. The lowest BCUT2D eigenvalue weighted by Crippen LogP contribution is -2.04. The van der Waals surface area contributed by atoms with E-state index in [0.29, 0.717) is 5.92 Å². The molecular weight excluding hydrogens is 298 g/mol. The van der Waals surface area contributed by atoms with Crippen molar-refractivity contribution in [2.45, 2.75) is 25.0 Å². The Balaban J connectivity index is 1.98. The van der Waals surface area contributed by atoms with Crippen LogP contribution in [0.4, 0.5) is 0 Å². The van der Waals surface area contributed by atoms with Crippen molar-refractivity contribution in [1.82, 2.24) is 4.98 Å². The fourth-order valence-corrected chi connectivity index (χ4v) is 3.55. The molecule has 2 aromatic rings. The first-order valence-corrected chi connectivity index (χ1v) is 7.98. The lowest BCUT2D eigenvalue weighted by molar-refractivity contribution is 0.487. The van der Waals surface area contributed by atoms with Crippen molar-refractivity contribution in [3.8, 4) is 0 Å². The Bertz CT molecular complexity index is 438. The zero-order valence-corrected chi connectivity index (χ0v) is 12.3. The Morgan fingerprint density at radius 1 is 1.41 bits per heavy atom. The molecule has 0 aliphatic heterocycles. The molecule has 0 saturated heterocycles. The first kappa shape index (κ1) is 13.0. The minimum atomic E-state index is 0.694. The average molecular weight is 314 g/mol. The van der Waals surface area contributed by atoms with Crippen molar-refractivity contribution < 1.29 is 4.42 Å². The van der Waals surface area contributed by atoms with E-state index in [9.17, 15) is 0 Å². The van der Waals surface area contributed by atoms with Crippen LogP contribution in [0.1, 0.15) is 19.8 Å². The van der Waals surface area contributed by atoms with Crippen LogP contribution in [-0.2, 0) is 0 Å². The van der Waals surface area contributed by atoms with E-state index in [2.05, 4.69) is 27.8 Å². The Morgan fingerprint density at radius 2 is 2.24 bits per heavy atom. The molecule has 1 aromatic carbocycles. The summed E-state index contributed by atoms with van der Waals surface area (Å²) in [6, 6.07) is 7.90. The van der Waals surface area contributed by atoms with E-state index in [0.717, 1.165) is 27.4 Å². The lowest BCUT2D eigenvalue weighted by Gasteiger charge is -2.09. The van der Waals surface area contributed by atoms with E-state index >= 15 is 0 Å². The van der Waals surface area contributed by atoms with E-state index in [4.69, 9.17) is 4.42 Å². The van der Waals surface area contributed by atoms with Crippen LogP contribution >= 0.6 is 27.7 Å². The van der Waals surface area contributed by atoms with Crippen molar-refractivity contribution >= 4 is 38.8 Å². The zero-order chi connectivity index (χ0) is 12.1. The van der Waals surface area contributed by atoms with Gasteiger partial charge in [-0.2, -0.15) is 0 Å². The summed E-state index contributed by atoms with van der Waals surface area (Å²) < 4.78 is 5.68. The number of thioether (sulfide) groups is 1. The highest BCUT2D eigenvalue weighted by atomic mass is 79.9.